The van der Waals surface area contributed by atoms with Gasteiger partial charge in [0.25, 0.3) is 0 Å². The molecule has 1 atom stereocenters. The standard InChI is InChI=1S/C25H23F2N3O3/c26-19-4-3-17(9-20(19)27)30-22-8-16-11-28-29-21(16)10-18(22)23(14-6-15(7-14)25(31)32)24(30)13-2-1-5-33-12-13/h3-4,8-11,13-15H,1-2,5-7,12H2,(H,28,29)(H,31,32)/t13?,14-,15-. The van der Waals surface area contributed by atoms with Crippen LogP contribution in [0.4, 0.5) is 8.78 Å². The predicted octanol–water partition coefficient (Wildman–Crippen LogP) is 5.26. The number of nitrogens with one attached hydrogen (secondary N) is 1. The molecule has 1 unspecified atom stereocenters. The lowest BCUT2D eigenvalue weighted by molar-refractivity contribution is -0.145. The molecule has 170 valence electrons. The molecule has 2 aromatic carbocycles. The van der Waals surface area contributed by atoms with Crippen molar-refractivity contribution in [2.45, 2.75) is 37.5 Å². The van der Waals surface area contributed by atoms with Crippen molar-refractivity contribution >= 4 is 27.8 Å². The summed E-state index contributed by atoms with van der Waals surface area (Å²) in [6, 6.07) is 8.03. The molecule has 6 nitrogen and oxygen atoms in total. The zero-order valence-electron chi connectivity index (χ0n) is 17.9. The van der Waals surface area contributed by atoms with Crippen LogP contribution in [-0.2, 0) is 9.53 Å². The van der Waals surface area contributed by atoms with Gasteiger partial charge in [-0.25, -0.2) is 8.78 Å². The van der Waals surface area contributed by atoms with E-state index in [-0.39, 0.29) is 17.8 Å². The maximum Gasteiger partial charge on any atom is 0.306 e. The average molecular weight is 451 g/mol. The monoisotopic (exact) mass is 451 g/mol. The van der Waals surface area contributed by atoms with Crippen LogP contribution in [0.1, 0.15) is 48.8 Å². The van der Waals surface area contributed by atoms with Crippen LogP contribution in [0, 0.1) is 17.6 Å². The Bertz CT molecular complexity index is 1380. The fourth-order valence-corrected chi connectivity index (χ4v) is 5.51. The highest BCUT2D eigenvalue weighted by molar-refractivity contribution is 5.99. The maximum atomic E-state index is 14.3. The fourth-order valence-electron chi connectivity index (χ4n) is 5.51. The maximum absolute atomic E-state index is 14.3. The van der Waals surface area contributed by atoms with E-state index in [1.165, 1.54) is 6.07 Å². The van der Waals surface area contributed by atoms with E-state index in [2.05, 4.69) is 10.2 Å². The minimum atomic E-state index is -0.902. The first-order chi connectivity index (χ1) is 16.0. The number of hydrogen-bond donors (Lipinski definition) is 2. The summed E-state index contributed by atoms with van der Waals surface area (Å²) in [6.45, 7) is 1.25. The SMILES string of the molecule is O=C(O)[C@H]1C[C@H](c2c(C3CCCOC3)n(-c3ccc(F)c(F)c3)c3cc4cn[nH]c4cc32)C1. The van der Waals surface area contributed by atoms with Crippen molar-refractivity contribution in [3.05, 3.63) is 59.4 Å². The molecule has 33 heavy (non-hydrogen) atoms. The summed E-state index contributed by atoms with van der Waals surface area (Å²) in [4.78, 5) is 11.5. The second-order valence-corrected chi connectivity index (χ2v) is 9.18. The molecule has 1 aliphatic heterocycles. The molecule has 2 aliphatic rings. The molecule has 2 aromatic heterocycles. The minimum absolute atomic E-state index is 0.0783. The summed E-state index contributed by atoms with van der Waals surface area (Å²) >= 11 is 0. The van der Waals surface area contributed by atoms with Crippen LogP contribution >= 0.6 is 0 Å². The summed E-state index contributed by atoms with van der Waals surface area (Å²) < 4.78 is 36.0. The number of carbonyl (C=O) groups is 1. The average Bonchev–Trinajstić information content (AvgIpc) is 3.36. The third-order valence-electron chi connectivity index (χ3n) is 7.21. The molecular formula is C25H23F2N3O3. The van der Waals surface area contributed by atoms with E-state index in [0.717, 1.165) is 52.0 Å². The molecule has 1 saturated heterocycles. The van der Waals surface area contributed by atoms with Crippen molar-refractivity contribution in [3.8, 4) is 5.69 Å². The van der Waals surface area contributed by atoms with E-state index in [9.17, 15) is 18.7 Å². The number of benzene rings is 2. The van der Waals surface area contributed by atoms with E-state index in [4.69, 9.17) is 4.74 Å². The first-order valence-corrected chi connectivity index (χ1v) is 11.3. The highest BCUT2D eigenvalue weighted by Crippen LogP contribution is 2.50. The van der Waals surface area contributed by atoms with E-state index < -0.39 is 17.6 Å². The van der Waals surface area contributed by atoms with Gasteiger partial charge in [-0.1, -0.05) is 0 Å². The van der Waals surface area contributed by atoms with Crippen LogP contribution in [0.25, 0.3) is 27.5 Å². The number of aromatic amines is 1. The van der Waals surface area contributed by atoms with Gasteiger partial charge in [-0.2, -0.15) is 5.10 Å². The summed E-state index contributed by atoms with van der Waals surface area (Å²) in [7, 11) is 0. The number of carboxylic acid groups (broad SMARTS) is 1. The molecule has 4 aromatic rings. The van der Waals surface area contributed by atoms with Gasteiger partial charge in [-0.15, -0.1) is 0 Å². The van der Waals surface area contributed by atoms with Crippen LogP contribution in [-0.4, -0.2) is 39.1 Å². The fraction of sp³-hybridized carbons (Fsp3) is 0.360. The minimum Gasteiger partial charge on any atom is -0.481 e. The van der Waals surface area contributed by atoms with E-state index in [1.54, 1.807) is 12.3 Å². The second-order valence-electron chi connectivity index (χ2n) is 9.18. The number of fused-ring (bicyclic) bond motifs is 2. The lowest BCUT2D eigenvalue weighted by atomic mass is 9.69. The molecule has 3 heterocycles. The van der Waals surface area contributed by atoms with Gasteiger partial charge in [0, 0.05) is 40.7 Å². The van der Waals surface area contributed by atoms with Gasteiger partial charge in [0.05, 0.1) is 29.8 Å². The van der Waals surface area contributed by atoms with Crippen molar-refractivity contribution in [1.29, 1.82) is 0 Å². The van der Waals surface area contributed by atoms with Gasteiger partial charge in [-0.05, 0) is 61.4 Å². The molecule has 8 heteroatoms. The van der Waals surface area contributed by atoms with Gasteiger partial charge in [0.15, 0.2) is 11.6 Å². The first-order valence-electron chi connectivity index (χ1n) is 11.3. The molecule has 0 bridgehead atoms. The van der Waals surface area contributed by atoms with Crippen molar-refractivity contribution in [2.24, 2.45) is 5.92 Å². The van der Waals surface area contributed by atoms with Gasteiger partial charge in [0.2, 0.25) is 0 Å². The molecule has 1 aliphatic carbocycles. The van der Waals surface area contributed by atoms with Crippen LogP contribution in [0.3, 0.4) is 0 Å². The summed E-state index contributed by atoms with van der Waals surface area (Å²) in [5, 5.41) is 18.5. The molecule has 0 radical (unpaired) electrons. The van der Waals surface area contributed by atoms with Crippen LogP contribution < -0.4 is 0 Å². The number of nitrogens with zero attached hydrogens (tertiary/aromatic N) is 2. The van der Waals surface area contributed by atoms with E-state index >= 15 is 0 Å². The smallest absolute Gasteiger partial charge is 0.306 e. The highest BCUT2D eigenvalue weighted by Gasteiger charge is 2.40. The van der Waals surface area contributed by atoms with Gasteiger partial charge >= 0.3 is 5.97 Å². The van der Waals surface area contributed by atoms with E-state index in [1.807, 2.05) is 16.7 Å². The molecule has 1 saturated carbocycles. The topological polar surface area (TPSA) is 80.1 Å². The summed E-state index contributed by atoms with van der Waals surface area (Å²) in [6.07, 6.45) is 4.70. The summed E-state index contributed by atoms with van der Waals surface area (Å²) in [5.74, 6) is -2.76. The second kappa shape index (κ2) is 7.66. The Labute approximate surface area is 188 Å². The Kier molecular flexibility index (Phi) is 4.72. The van der Waals surface area contributed by atoms with Crippen molar-refractivity contribution in [2.75, 3.05) is 13.2 Å². The molecule has 0 amide bonds. The van der Waals surface area contributed by atoms with Crippen LogP contribution in [0.15, 0.2) is 36.5 Å². The molecule has 2 fully saturated rings. The summed E-state index contributed by atoms with van der Waals surface area (Å²) in [5.41, 5.74) is 4.42. The number of carboxylic acids is 1. The van der Waals surface area contributed by atoms with Crippen molar-refractivity contribution in [3.63, 3.8) is 0 Å². The van der Waals surface area contributed by atoms with Gasteiger partial charge < -0.3 is 14.4 Å². The lowest BCUT2D eigenvalue weighted by Gasteiger charge is -2.35. The van der Waals surface area contributed by atoms with Crippen molar-refractivity contribution < 1.29 is 23.4 Å². The van der Waals surface area contributed by atoms with Gasteiger partial charge in [0.1, 0.15) is 0 Å². The normalized spacial score (nSPS) is 23.2. The molecule has 2 N–H and O–H groups in total. The van der Waals surface area contributed by atoms with Crippen LogP contribution in [0.2, 0.25) is 0 Å². The molecular weight excluding hydrogens is 428 g/mol. The van der Waals surface area contributed by atoms with Gasteiger partial charge in [-0.3, -0.25) is 9.89 Å². The zero-order valence-corrected chi connectivity index (χ0v) is 17.9. The lowest BCUT2D eigenvalue weighted by Crippen LogP contribution is -2.30. The Morgan fingerprint density at radius 2 is 2.00 bits per heavy atom. The number of rotatable bonds is 4. The number of hydrogen-bond acceptors (Lipinski definition) is 3. The van der Waals surface area contributed by atoms with Crippen LogP contribution in [0.5, 0.6) is 0 Å². The quantitative estimate of drug-likeness (QED) is 0.444. The zero-order chi connectivity index (χ0) is 22.7. The molecule has 6 rings (SSSR count). The Morgan fingerprint density at radius 1 is 1.15 bits per heavy atom. The third kappa shape index (κ3) is 3.23. The third-order valence-corrected chi connectivity index (χ3v) is 7.21. The van der Waals surface area contributed by atoms with Crippen molar-refractivity contribution in [1.82, 2.24) is 14.8 Å². The number of H-pyrrole nitrogens is 1. The number of halogens is 2. The number of aromatic nitrogens is 3. The number of aliphatic carboxylic acids is 1. The Morgan fingerprint density at radius 3 is 2.73 bits per heavy atom. The largest absolute Gasteiger partial charge is 0.481 e. The highest BCUT2D eigenvalue weighted by atomic mass is 19.2. The predicted molar refractivity (Wildman–Crippen MR) is 119 cm³/mol. The Balaban J connectivity index is 1.65. The van der Waals surface area contributed by atoms with E-state index in [0.29, 0.717) is 31.7 Å². The number of ether oxygens (including phenoxy) is 1. The Hall–Kier alpha value is -3.26. The molecule has 0 spiro atoms. The first kappa shape index (κ1) is 20.4.